The lowest BCUT2D eigenvalue weighted by Crippen LogP contribution is -2.27. The van der Waals surface area contributed by atoms with Crippen LogP contribution in [0.2, 0.25) is 0 Å². The fourth-order valence-corrected chi connectivity index (χ4v) is 7.95. The summed E-state index contributed by atoms with van der Waals surface area (Å²) in [4.78, 5) is 0. The van der Waals surface area contributed by atoms with Crippen LogP contribution < -0.4 is 4.74 Å². The molecule has 0 spiro atoms. The van der Waals surface area contributed by atoms with Gasteiger partial charge in [-0.25, -0.2) is 17.6 Å². The molecule has 0 radical (unpaired) electrons. The van der Waals surface area contributed by atoms with E-state index >= 15 is 0 Å². The van der Waals surface area contributed by atoms with E-state index in [9.17, 15) is 26.3 Å². The van der Waals surface area contributed by atoms with Crippen LogP contribution in [0.15, 0.2) is 30.3 Å². The third-order valence-electron chi connectivity index (χ3n) is 6.55. The number of ether oxygens (including phenoxy) is 5. The molecule has 41 heavy (non-hydrogen) atoms. The monoisotopic (exact) mass is 626 g/mol. The minimum absolute atomic E-state index is 0.106. The van der Waals surface area contributed by atoms with Crippen molar-refractivity contribution >= 4 is 23.5 Å². The maximum absolute atomic E-state index is 14.8. The molecule has 2 aromatic rings. The van der Waals surface area contributed by atoms with E-state index < -0.39 is 47.0 Å². The molecule has 2 atom stereocenters. The van der Waals surface area contributed by atoms with Gasteiger partial charge in [0.15, 0.2) is 6.29 Å². The number of rotatable bonds is 12. The molecular weight excluding hydrogens is 594 g/mol. The first-order chi connectivity index (χ1) is 19.7. The number of alkyl halides is 2. The van der Waals surface area contributed by atoms with Gasteiger partial charge < -0.3 is 23.7 Å². The second kappa shape index (κ2) is 15.2. The Hall–Kier alpha value is -1.64. The summed E-state index contributed by atoms with van der Waals surface area (Å²) in [6.07, 6.45) is -4.05. The lowest BCUT2D eigenvalue weighted by Gasteiger charge is -2.32. The molecule has 13 heteroatoms. The van der Waals surface area contributed by atoms with Crippen molar-refractivity contribution in [1.29, 1.82) is 0 Å². The molecule has 5 nitrogen and oxygen atoms in total. The average Bonchev–Trinajstić information content (AvgIpc) is 3.16. The Bertz CT molecular complexity index is 1090. The quantitative estimate of drug-likeness (QED) is 0.181. The zero-order valence-corrected chi connectivity index (χ0v) is 24.0. The molecule has 2 aliphatic rings. The zero-order valence-electron chi connectivity index (χ0n) is 22.4. The van der Waals surface area contributed by atoms with Gasteiger partial charge in [0.1, 0.15) is 34.6 Å². The number of hydrogen-bond donors (Lipinski definition) is 0. The van der Waals surface area contributed by atoms with Gasteiger partial charge in [0.2, 0.25) is 0 Å². The molecular formula is C28H32F6O5S2. The van der Waals surface area contributed by atoms with Gasteiger partial charge in [-0.2, -0.15) is 8.78 Å². The van der Waals surface area contributed by atoms with Crippen molar-refractivity contribution in [3.63, 3.8) is 0 Å². The van der Waals surface area contributed by atoms with Crippen molar-refractivity contribution in [2.75, 3.05) is 51.1 Å². The van der Waals surface area contributed by atoms with Crippen molar-refractivity contribution in [2.45, 2.75) is 36.7 Å². The van der Waals surface area contributed by atoms with Crippen molar-refractivity contribution in [2.24, 2.45) is 11.8 Å². The first-order valence-electron chi connectivity index (χ1n) is 13.3. The Kier molecular flexibility index (Phi) is 12.0. The summed E-state index contributed by atoms with van der Waals surface area (Å²) < 4.78 is 113. The highest BCUT2D eigenvalue weighted by Crippen LogP contribution is 2.42. The molecule has 2 aliphatic heterocycles. The van der Waals surface area contributed by atoms with E-state index in [-0.39, 0.29) is 29.3 Å². The van der Waals surface area contributed by atoms with Gasteiger partial charge in [0.05, 0.1) is 31.0 Å². The fraction of sp³-hybridized carbons (Fsp3) is 0.571. The first-order valence-corrected chi connectivity index (χ1v) is 15.4. The van der Waals surface area contributed by atoms with E-state index in [2.05, 4.69) is 4.74 Å². The van der Waals surface area contributed by atoms with Crippen LogP contribution in [-0.4, -0.2) is 55.7 Å². The maximum atomic E-state index is 14.8. The largest absolute Gasteiger partial charge is 0.432 e. The molecule has 2 aromatic carbocycles. The molecule has 2 unspecified atom stereocenters. The van der Waals surface area contributed by atoms with Crippen LogP contribution in [0.3, 0.4) is 0 Å². The summed E-state index contributed by atoms with van der Waals surface area (Å²) in [6, 6.07) is 2.79. The summed E-state index contributed by atoms with van der Waals surface area (Å²) in [7, 11) is 0. The Morgan fingerprint density at radius 3 is 2.20 bits per heavy atom. The fourth-order valence-electron chi connectivity index (χ4n) is 4.48. The van der Waals surface area contributed by atoms with Crippen LogP contribution >= 0.6 is 23.5 Å². The van der Waals surface area contributed by atoms with E-state index in [0.29, 0.717) is 69.1 Å². The summed E-state index contributed by atoms with van der Waals surface area (Å²) >= 11 is 3.70. The molecule has 228 valence electrons. The number of hydrogen-bond acceptors (Lipinski definition) is 7. The third-order valence-corrected chi connectivity index (χ3v) is 10.1. The molecule has 0 bridgehead atoms. The van der Waals surface area contributed by atoms with Gasteiger partial charge in [0, 0.05) is 42.9 Å². The molecule has 2 fully saturated rings. The number of halogens is 6. The molecule has 0 aliphatic carbocycles. The minimum Gasteiger partial charge on any atom is -0.429 e. The van der Waals surface area contributed by atoms with Gasteiger partial charge in [-0.3, -0.25) is 0 Å². The predicted molar refractivity (Wildman–Crippen MR) is 144 cm³/mol. The molecule has 0 amide bonds. The van der Waals surface area contributed by atoms with Crippen LogP contribution in [0, 0.1) is 35.1 Å². The molecule has 4 rings (SSSR count). The van der Waals surface area contributed by atoms with E-state index in [1.54, 1.807) is 0 Å². The average molecular weight is 627 g/mol. The highest BCUT2D eigenvalue weighted by molar-refractivity contribution is 8.17. The molecule has 0 N–H and O–H groups in total. The molecule has 2 heterocycles. The van der Waals surface area contributed by atoms with E-state index in [1.165, 1.54) is 0 Å². The van der Waals surface area contributed by atoms with Crippen molar-refractivity contribution in [3.8, 4) is 5.75 Å². The van der Waals surface area contributed by atoms with Crippen LogP contribution in [0.1, 0.15) is 37.2 Å². The first kappa shape index (κ1) is 32.3. The van der Waals surface area contributed by atoms with Crippen molar-refractivity contribution in [1.82, 2.24) is 0 Å². The maximum Gasteiger partial charge on any atom is 0.432 e. The van der Waals surface area contributed by atoms with Gasteiger partial charge in [-0.05, 0) is 49.3 Å². The van der Waals surface area contributed by atoms with Gasteiger partial charge in [-0.15, -0.1) is 23.5 Å². The van der Waals surface area contributed by atoms with Gasteiger partial charge in [0.25, 0.3) is 0 Å². The summed E-state index contributed by atoms with van der Waals surface area (Å²) in [5.74, 6) is -3.86. The summed E-state index contributed by atoms with van der Waals surface area (Å²) in [6.45, 7) is 5.04. The normalized spacial score (nSPS) is 23.8. The topological polar surface area (TPSA) is 46.2 Å². The van der Waals surface area contributed by atoms with Gasteiger partial charge in [-0.1, -0.05) is 0 Å². The van der Waals surface area contributed by atoms with Crippen LogP contribution in [0.25, 0.3) is 0 Å². The highest BCUT2D eigenvalue weighted by atomic mass is 32.2. The van der Waals surface area contributed by atoms with Crippen LogP contribution in [0.5, 0.6) is 5.75 Å². The van der Waals surface area contributed by atoms with Crippen molar-refractivity contribution < 1.29 is 50.0 Å². The molecule has 0 aromatic heterocycles. The SMILES string of the molecule is CCOCCOCCC1CSC(C2CCOC(c3cc(F)c(C(F)(F)Oc4cc(F)cc(F)c4)c(F)c3)OC2)SC1. The third kappa shape index (κ3) is 9.17. The number of thioether (sulfide) groups is 2. The zero-order chi connectivity index (χ0) is 29.4. The van der Waals surface area contributed by atoms with Crippen LogP contribution in [0.4, 0.5) is 26.3 Å². The molecule has 2 saturated heterocycles. The summed E-state index contributed by atoms with van der Waals surface area (Å²) in [5, 5.41) is 0. The standard InChI is InChI=1S/C28H32F6O5S2/c1-2-35-7-8-36-5-3-17-15-40-27(41-16-17)18-4-6-37-26(38-14-18)19-9-23(31)25(24(32)10-19)28(33,34)39-22-12-20(29)11-21(30)13-22/h9-13,17-18,26-27H,2-8,14-16H2,1H3. The summed E-state index contributed by atoms with van der Waals surface area (Å²) in [5.41, 5.74) is -1.80. The van der Waals surface area contributed by atoms with Crippen LogP contribution in [-0.2, 0) is 25.1 Å². The highest BCUT2D eigenvalue weighted by Gasteiger charge is 2.42. The Morgan fingerprint density at radius 2 is 1.54 bits per heavy atom. The Balaban J connectivity index is 1.30. The molecule has 0 saturated carbocycles. The predicted octanol–water partition coefficient (Wildman–Crippen LogP) is 7.29. The second-order valence-electron chi connectivity index (χ2n) is 9.67. The van der Waals surface area contributed by atoms with E-state index in [1.807, 2.05) is 30.4 Å². The number of benzene rings is 2. The van der Waals surface area contributed by atoms with Crippen molar-refractivity contribution in [3.05, 3.63) is 64.7 Å². The Labute approximate surface area is 243 Å². The van der Waals surface area contributed by atoms with E-state index in [4.69, 9.17) is 18.9 Å². The lowest BCUT2D eigenvalue weighted by molar-refractivity contribution is -0.189. The second-order valence-corrected chi connectivity index (χ2v) is 12.3. The Morgan fingerprint density at radius 1 is 0.878 bits per heavy atom. The lowest BCUT2D eigenvalue weighted by atomic mass is 10.1. The van der Waals surface area contributed by atoms with Gasteiger partial charge >= 0.3 is 6.11 Å². The smallest absolute Gasteiger partial charge is 0.429 e. The van der Waals surface area contributed by atoms with E-state index in [0.717, 1.165) is 17.9 Å². The minimum atomic E-state index is -4.55.